The van der Waals surface area contributed by atoms with Gasteiger partial charge in [0.15, 0.2) is 0 Å². The van der Waals surface area contributed by atoms with Crippen LogP contribution in [-0.2, 0) is 0 Å². The van der Waals surface area contributed by atoms with Crippen LogP contribution in [0, 0.1) is 11.3 Å². The van der Waals surface area contributed by atoms with E-state index in [-0.39, 0.29) is 0 Å². The summed E-state index contributed by atoms with van der Waals surface area (Å²) in [6.45, 7) is 0. The number of allylic oxidation sites excluding steroid dienone is 1. The molecule has 0 atom stereocenters. The molecule has 0 amide bonds. The van der Waals surface area contributed by atoms with Crippen LogP contribution in [0.1, 0.15) is 11.3 Å². The fourth-order valence-corrected chi connectivity index (χ4v) is 1.66. The lowest BCUT2D eigenvalue weighted by molar-refractivity contribution is 0.415. The number of ether oxygens (including phenoxy) is 1. The molecule has 1 heterocycles. The van der Waals surface area contributed by atoms with Crippen LogP contribution in [0.2, 0.25) is 0 Å². The van der Waals surface area contributed by atoms with Gasteiger partial charge in [-0.25, -0.2) is 0 Å². The minimum absolute atomic E-state index is 0.782. The third kappa shape index (κ3) is 2.55. The van der Waals surface area contributed by atoms with E-state index in [1.165, 1.54) is 6.08 Å². The molecule has 88 valence electrons. The van der Waals surface area contributed by atoms with Gasteiger partial charge >= 0.3 is 0 Å². The number of aromatic nitrogens is 1. The number of pyridine rings is 1. The monoisotopic (exact) mass is 236 g/mol. The Kier molecular flexibility index (Phi) is 3.72. The average molecular weight is 236 g/mol. The number of nitriles is 1. The van der Waals surface area contributed by atoms with Crippen molar-refractivity contribution in [1.82, 2.24) is 4.98 Å². The van der Waals surface area contributed by atoms with Crippen LogP contribution in [0.5, 0.6) is 5.75 Å². The van der Waals surface area contributed by atoms with Gasteiger partial charge < -0.3 is 4.74 Å². The summed E-state index contributed by atoms with van der Waals surface area (Å²) in [6, 6.07) is 15.2. The van der Waals surface area contributed by atoms with Crippen molar-refractivity contribution in [2.24, 2.45) is 0 Å². The fraction of sp³-hybridized carbons (Fsp3) is 0.0667. The van der Waals surface area contributed by atoms with E-state index in [4.69, 9.17) is 10.00 Å². The molecule has 2 aromatic rings. The van der Waals surface area contributed by atoms with Crippen LogP contribution < -0.4 is 4.74 Å². The van der Waals surface area contributed by atoms with Gasteiger partial charge in [-0.05, 0) is 29.8 Å². The topological polar surface area (TPSA) is 45.9 Å². The van der Waals surface area contributed by atoms with Crippen molar-refractivity contribution in [3.63, 3.8) is 0 Å². The highest BCUT2D eigenvalue weighted by atomic mass is 16.5. The third-order valence-corrected chi connectivity index (χ3v) is 2.55. The first-order valence-corrected chi connectivity index (χ1v) is 5.51. The van der Waals surface area contributed by atoms with Gasteiger partial charge in [-0.3, -0.25) is 4.98 Å². The molecule has 3 heteroatoms. The van der Waals surface area contributed by atoms with Gasteiger partial charge in [0.2, 0.25) is 0 Å². The van der Waals surface area contributed by atoms with Crippen molar-refractivity contribution < 1.29 is 4.74 Å². The van der Waals surface area contributed by atoms with Crippen molar-refractivity contribution in [3.8, 4) is 11.8 Å². The van der Waals surface area contributed by atoms with Gasteiger partial charge in [-0.1, -0.05) is 18.2 Å². The molecule has 0 aliphatic heterocycles. The number of methoxy groups -OCH3 is 1. The lowest BCUT2D eigenvalue weighted by atomic mass is 10.0. The molecule has 1 aromatic heterocycles. The summed E-state index contributed by atoms with van der Waals surface area (Å²) in [7, 11) is 1.62. The Morgan fingerprint density at radius 3 is 2.56 bits per heavy atom. The minimum Gasteiger partial charge on any atom is -0.497 e. The Labute approximate surface area is 106 Å². The van der Waals surface area contributed by atoms with Gasteiger partial charge in [0.25, 0.3) is 0 Å². The quantitative estimate of drug-likeness (QED) is 0.769. The molecule has 0 radical (unpaired) electrons. The average Bonchev–Trinajstić information content (AvgIpc) is 2.46. The van der Waals surface area contributed by atoms with Crippen molar-refractivity contribution in [2.75, 3.05) is 7.11 Å². The van der Waals surface area contributed by atoms with E-state index in [9.17, 15) is 0 Å². The minimum atomic E-state index is 0.782. The largest absolute Gasteiger partial charge is 0.497 e. The van der Waals surface area contributed by atoms with E-state index in [0.29, 0.717) is 0 Å². The van der Waals surface area contributed by atoms with Crippen LogP contribution >= 0.6 is 0 Å². The molecule has 0 fully saturated rings. The van der Waals surface area contributed by atoms with E-state index in [0.717, 1.165) is 22.6 Å². The van der Waals surface area contributed by atoms with Crippen LogP contribution in [0.3, 0.4) is 0 Å². The van der Waals surface area contributed by atoms with Crippen LogP contribution in [0.4, 0.5) is 0 Å². The molecule has 0 spiro atoms. The molecule has 0 unspecified atom stereocenters. The Morgan fingerprint density at radius 1 is 1.22 bits per heavy atom. The van der Waals surface area contributed by atoms with Gasteiger partial charge in [-0.15, -0.1) is 0 Å². The second kappa shape index (κ2) is 5.65. The molecule has 0 aliphatic carbocycles. The van der Waals surface area contributed by atoms with Crippen molar-refractivity contribution >= 4 is 5.57 Å². The number of hydrogen-bond donors (Lipinski definition) is 0. The smallest absolute Gasteiger partial charge is 0.118 e. The summed E-state index contributed by atoms with van der Waals surface area (Å²) >= 11 is 0. The second-order valence-corrected chi connectivity index (χ2v) is 3.63. The number of benzene rings is 1. The lowest BCUT2D eigenvalue weighted by Crippen LogP contribution is -1.91. The zero-order valence-corrected chi connectivity index (χ0v) is 10.00. The van der Waals surface area contributed by atoms with Crippen LogP contribution in [0.25, 0.3) is 5.57 Å². The molecule has 0 saturated heterocycles. The molecule has 1 aromatic carbocycles. The van der Waals surface area contributed by atoms with E-state index in [1.807, 2.05) is 42.5 Å². The Hall–Kier alpha value is -2.60. The van der Waals surface area contributed by atoms with Crippen molar-refractivity contribution in [2.45, 2.75) is 0 Å². The van der Waals surface area contributed by atoms with Gasteiger partial charge in [0.05, 0.1) is 18.9 Å². The molecule has 2 rings (SSSR count). The van der Waals surface area contributed by atoms with E-state index >= 15 is 0 Å². The zero-order valence-electron chi connectivity index (χ0n) is 10.00. The standard InChI is InChI=1S/C15H12N2O/c1-18-13-7-5-12(6-8-13)14(9-10-16)15-4-2-3-11-17-15/h2-9,11H,1H3/b14-9-. The normalized spacial score (nSPS) is 10.8. The first kappa shape index (κ1) is 11.9. The summed E-state index contributed by atoms with van der Waals surface area (Å²) in [4.78, 5) is 4.27. The van der Waals surface area contributed by atoms with Gasteiger partial charge in [-0.2, -0.15) is 5.26 Å². The summed E-state index contributed by atoms with van der Waals surface area (Å²) < 4.78 is 5.11. The summed E-state index contributed by atoms with van der Waals surface area (Å²) in [5, 5.41) is 8.88. The highest BCUT2D eigenvalue weighted by molar-refractivity contribution is 5.79. The highest BCUT2D eigenvalue weighted by Gasteiger charge is 2.05. The molecule has 18 heavy (non-hydrogen) atoms. The maximum atomic E-state index is 8.88. The number of hydrogen-bond acceptors (Lipinski definition) is 3. The SMILES string of the molecule is COc1ccc(/C(=C/C#N)c2ccccn2)cc1. The molecular weight excluding hydrogens is 224 g/mol. The fourth-order valence-electron chi connectivity index (χ4n) is 1.66. The van der Waals surface area contributed by atoms with Crippen molar-refractivity contribution in [3.05, 3.63) is 66.0 Å². The van der Waals surface area contributed by atoms with Gasteiger partial charge in [0, 0.05) is 17.8 Å². The maximum absolute atomic E-state index is 8.88. The molecule has 3 nitrogen and oxygen atoms in total. The predicted molar refractivity (Wildman–Crippen MR) is 69.9 cm³/mol. The highest BCUT2D eigenvalue weighted by Crippen LogP contribution is 2.23. The zero-order chi connectivity index (χ0) is 12.8. The number of rotatable bonds is 3. The summed E-state index contributed by atoms with van der Waals surface area (Å²) in [5.41, 5.74) is 2.53. The van der Waals surface area contributed by atoms with E-state index < -0.39 is 0 Å². The molecular formula is C15H12N2O. The van der Waals surface area contributed by atoms with E-state index in [2.05, 4.69) is 11.1 Å². The van der Waals surface area contributed by atoms with E-state index in [1.54, 1.807) is 13.3 Å². The Balaban J connectivity index is 2.43. The molecule has 0 N–H and O–H groups in total. The number of nitrogens with zero attached hydrogens (tertiary/aromatic N) is 2. The molecule has 0 bridgehead atoms. The Bertz CT molecular complexity index is 580. The van der Waals surface area contributed by atoms with Crippen molar-refractivity contribution in [1.29, 1.82) is 5.26 Å². The van der Waals surface area contributed by atoms with Gasteiger partial charge in [0.1, 0.15) is 5.75 Å². The Morgan fingerprint density at radius 2 is 2.00 bits per heavy atom. The van der Waals surface area contributed by atoms with Crippen LogP contribution in [-0.4, -0.2) is 12.1 Å². The first-order chi connectivity index (χ1) is 8.85. The predicted octanol–water partition coefficient (Wildman–Crippen LogP) is 3.05. The maximum Gasteiger partial charge on any atom is 0.118 e. The molecule has 0 aliphatic rings. The third-order valence-electron chi connectivity index (χ3n) is 2.55. The molecule has 0 saturated carbocycles. The second-order valence-electron chi connectivity index (χ2n) is 3.63. The summed E-state index contributed by atoms with van der Waals surface area (Å²) in [5.74, 6) is 0.788. The lowest BCUT2D eigenvalue weighted by Gasteiger charge is -2.06. The summed E-state index contributed by atoms with van der Waals surface area (Å²) in [6.07, 6.45) is 3.22. The van der Waals surface area contributed by atoms with Crippen LogP contribution in [0.15, 0.2) is 54.7 Å². The first-order valence-electron chi connectivity index (χ1n) is 5.51.